The van der Waals surface area contributed by atoms with Gasteiger partial charge in [0.15, 0.2) is 0 Å². The zero-order valence-electron chi connectivity index (χ0n) is 16.0. The first-order valence-corrected chi connectivity index (χ1v) is 9.75. The maximum Gasteiger partial charge on any atom is 0.412 e. The molecule has 0 aliphatic heterocycles. The van der Waals surface area contributed by atoms with E-state index in [9.17, 15) is 4.79 Å². The molecule has 0 atom stereocenters. The minimum atomic E-state index is -0.544. The number of aromatic nitrogens is 1. The molecule has 1 amide bonds. The van der Waals surface area contributed by atoms with Gasteiger partial charge in [0, 0.05) is 22.1 Å². The molecule has 3 rings (SSSR count). The van der Waals surface area contributed by atoms with Crippen molar-refractivity contribution in [2.45, 2.75) is 39.7 Å². The number of hydrogen-bond donors (Lipinski definition) is 1. The van der Waals surface area contributed by atoms with Crippen LogP contribution in [0.3, 0.4) is 0 Å². The smallest absolute Gasteiger partial charge is 0.412 e. The lowest BCUT2D eigenvalue weighted by molar-refractivity contribution is 0.0636. The van der Waals surface area contributed by atoms with Crippen LogP contribution in [-0.2, 0) is 11.2 Å². The van der Waals surface area contributed by atoms with Crippen LogP contribution in [0.25, 0.3) is 10.8 Å². The fraction of sp³-hybridized carbons (Fsp3) is 0.333. The number of thiazole rings is 1. The minimum Gasteiger partial charge on any atom is -0.493 e. The number of ether oxygens (including phenoxy) is 2. The number of benzene rings is 2. The Labute approximate surface area is 163 Å². The molecule has 0 radical (unpaired) electrons. The monoisotopic (exact) mass is 384 g/mol. The molecule has 0 saturated heterocycles. The fourth-order valence-electron chi connectivity index (χ4n) is 2.74. The molecule has 1 aromatic heterocycles. The molecule has 0 spiro atoms. The van der Waals surface area contributed by atoms with Gasteiger partial charge in [0.1, 0.15) is 11.4 Å². The van der Waals surface area contributed by atoms with Gasteiger partial charge in [-0.05, 0) is 39.8 Å². The molecule has 3 aromatic rings. The molecule has 0 aliphatic rings. The van der Waals surface area contributed by atoms with E-state index in [0.29, 0.717) is 12.3 Å². The van der Waals surface area contributed by atoms with Gasteiger partial charge in [-0.15, -0.1) is 11.3 Å². The fourth-order valence-corrected chi connectivity index (χ4v) is 3.50. The van der Waals surface area contributed by atoms with E-state index in [1.807, 2.05) is 69.6 Å². The van der Waals surface area contributed by atoms with Crippen molar-refractivity contribution in [2.75, 3.05) is 11.9 Å². The van der Waals surface area contributed by atoms with Crippen molar-refractivity contribution in [2.24, 2.45) is 0 Å². The second kappa shape index (κ2) is 7.96. The first-order valence-electron chi connectivity index (χ1n) is 8.87. The summed E-state index contributed by atoms with van der Waals surface area (Å²) in [4.78, 5) is 17.6. The highest BCUT2D eigenvalue weighted by molar-refractivity contribution is 7.09. The van der Waals surface area contributed by atoms with Gasteiger partial charge < -0.3 is 9.47 Å². The van der Waals surface area contributed by atoms with Crippen molar-refractivity contribution in [1.29, 1.82) is 0 Å². The third kappa shape index (κ3) is 4.98. The maximum atomic E-state index is 12.1. The van der Waals surface area contributed by atoms with Gasteiger partial charge in [-0.1, -0.05) is 24.3 Å². The highest BCUT2D eigenvalue weighted by Gasteiger charge is 2.17. The number of nitrogens with zero attached hydrogens (tertiary/aromatic N) is 1. The van der Waals surface area contributed by atoms with E-state index >= 15 is 0 Å². The van der Waals surface area contributed by atoms with E-state index in [-0.39, 0.29) is 0 Å². The molecule has 6 heteroatoms. The Morgan fingerprint density at radius 2 is 1.89 bits per heavy atom. The Kier molecular flexibility index (Phi) is 5.65. The van der Waals surface area contributed by atoms with Crippen molar-refractivity contribution in [3.05, 3.63) is 52.5 Å². The number of carbonyl (C=O) groups excluding carboxylic acids is 1. The number of aryl methyl sites for hydroxylation is 1. The van der Waals surface area contributed by atoms with E-state index in [4.69, 9.17) is 9.47 Å². The third-order valence-corrected chi connectivity index (χ3v) is 4.95. The zero-order chi connectivity index (χ0) is 19.4. The van der Waals surface area contributed by atoms with E-state index < -0.39 is 11.7 Å². The van der Waals surface area contributed by atoms with Gasteiger partial charge >= 0.3 is 6.09 Å². The summed E-state index contributed by atoms with van der Waals surface area (Å²) in [5.41, 5.74) is 3.07. The van der Waals surface area contributed by atoms with Crippen LogP contribution in [0.2, 0.25) is 0 Å². The summed E-state index contributed by atoms with van der Waals surface area (Å²) in [6.07, 6.45) is 0.352. The van der Waals surface area contributed by atoms with Gasteiger partial charge in [-0.2, -0.15) is 0 Å². The summed E-state index contributed by atoms with van der Waals surface area (Å²) in [7, 11) is 0. The molecule has 1 heterocycles. The predicted molar refractivity (Wildman–Crippen MR) is 110 cm³/mol. The van der Waals surface area contributed by atoms with Crippen LogP contribution in [0.15, 0.2) is 41.9 Å². The molecule has 2 aromatic carbocycles. The summed E-state index contributed by atoms with van der Waals surface area (Å²) in [6, 6.07) is 11.6. The van der Waals surface area contributed by atoms with Crippen LogP contribution in [-0.4, -0.2) is 23.3 Å². The molecule has 0 bridgehead atoms. The van der Waals surface area contributed by atoms with Crippen molar-refractivity contribution in [3.63, 3.8) is 0 Å². The zero-order valence-corrected chi connectivity index (χ0v) is 16.9. The van der Waals surface area contributed by atoms with Gasteiger partial charge in [0.2, 0.25) is 0 Å². The average molecular weight is 385 g/mol. The van der Waals surface area contributed by atoms with Crippen molar-refractivity contribution >= 4 is 33.9 Å². The molecule has 0 unspecified atom stereocenters. The second-order valence-corrected chi connectivity index (χ2v) is 8.18. The maximum absolute atomic E-state index is 12.1. The first-order chi connectivity index (χ1) is 12.8. The van der Waals surface area contributed by atoms with Crippen LogP contribution in [0.4, 0.5) is 10.5 Å². The molecule has 142 valence electrons. The van der Waals surface area contributed by atoms with E-state index in [1.165, 1.54) is 4.88 Å². The van der Waals surface area contributed by atoms with Crippen LogP contribution in [0.1, 0.15) is 31.3 Å². The molecular formula is C21H24N2O3S. The van der Waals surface area contributed by atoms with Gasteiger partial charge in [0.05, 0.1) is 23.5 Å². The Hall–Kier alpha value is -2.60. The van der Waals surface area contributed by atoms with Gasteiger partial charge in [-0.25, -0.2) is 9.78 Å². The highest BCUT2D eigenvalue weighted by atomic mass is 32.1. The van der Waals surface area contributed by atoms with E-state index in [2.05, 4.69) is 10.3 Å². The lowest BCUT2D eigenvalue weighted by Crippen LogP contribution is -2.27. The standard InChI is InChI=1S/C21H24N2O3S/c1-14-19(27-13-22-14)11-12-25-18-10-9-17(15-7-5-6-8-16(15)18)23-20(24)26-21(2,3)4/h5-10,13H,11-12H2,1-4H3,(H,23,24). The summed E-state index contributed by atoms with van der Waals surface area (Å²) >= 11 is 1.65. The Balaban J connectivity index is 1.76. The molecule has 27 heavy (non-hydrogen) atoms. The number of amides is 1. The van der Waals surface area contributed by atoms with Crippen LogP contribution in [0, 0.1) is 6.92 Å². The Morgan fingerprint density at radius 3 is 2.56 bits per heavy atom. The molecule has 5 nitrogen and oxygen atoms in total. The topological polar surface area (TPSA) is 60.5 Å². The number of nitrogens with one attached hydrogen (secondary N) is 1. The predicted octanol–water partition coefficient (Wildman–Crippen LogP) is 5.57. The first kappa shape index (κ1) is 19.2. The van der Waals surface area contributed by atoms with Crippen LogP contribution in [0.5, 0.6) is 5.75 Å². The third-order valence-electron chi connectivity index (χ3n) is 3.95. The van der Waals surface area contributed by atoms with Crippen molar-refractivity contribution in [3.8, 4) is 5.75 Å². The van der Waals surface area contributed by atoms with Gasteiger partial charge in [0.25, 0.3) is 0 Å². The quantitative estimate of drug-likeness (QED) is 0.624. The summed E-state index contributed by atoms with van der Waals surface area (Å²) in [5.74, 6) is 0.794. The largest absolute Gasteiger partial charge is 0.493 e. The van der Waals surface area contributed by atoms with Crippen LogP contribution >= 0.6 is 11.3 Å². The minimum absolute atomic E-state index is 0.470. The van der Waals surface area contributed by atoms with Crippen molar-refractivity contribution < 1.29 is 14.3 Å². The van der Waals surface area contributed by atoms with Crippen molar-refractivity contribution in [1.82, 2.24) is 4.98 Å². The number of hydrogen-bond acceptors (Lipinski definition) is 5. The summed E-state index contributed by atoms with van der Waals surface area (Å²) in [6.45, 7) is 8.11. The molecular weight excluding hydrogens is 360 g/mol. The highest BCUT2D eigenvalue weighted by Crippen LogP contribution is 2.32. The lowest BCUT2D eigenvalue weighted by Gasteiger charge is -2.20. The normalized spacial score (nSPS) is 11.4. The molecule has 0 fully saturated rings. The van der Waals surface area contributed by atoms with Gasteiger partial charge in [-0.3, -0.25) is 5.32 Å². The summed E-state index contributed by atoms with van der Waals surface area (Å²) < 4.78 is 11.4. The summed E-state index contributed by atoms with van der Waals surface area (Å²) in [5, 5.41) is 4.69. The molecule has 0 aliphatic carbocycles. The average Bonchev–Trinajstić information content (AvgIpc) is 3.00. The number of rotatable bonds is 5. The SMILES string of the molecule is Cc1ncsc1CCOc1ccc(NC(=O)OC(C)(C)C)c2ccccc12. The number of fused-ring (bicyclic) bond motifs is 1. The number of anilines is 1. The Bertz CT molecular complexity index is 944. The Morgan fingerprint density at radius 1 is 1.15 bits per heavy atom. The number of carbonyl (C=O) groups is 1. The second-order valence-electron chi connectivity index (χ2n) is 7.24. The van der Waals surface area contributed by atoms with E-state index in [1.54, 1.807) is 11.3 Å². The lowest BCUT2D eigenvalue weighted by atomic mass is 10.1. The molecule has 0 saturated carbocycles. The van der Waals surface area contributed by atoms with Crippen LogP contribution < -0.4 is 10.1 Å². The molecule has 1 N–H and O–H groups in total. The van der Waals surface area contributed by atoms with E-state index in [0.717, 1.165) is 28.6 Å².